The van der Waals surface area contributed by atoms with E-state index in [1.54, 1.807) is 0 Å². The summed E-state index contributed by atoms with van der Waals surface area (Å²) in [5.41, 5.74) is 0. The van der Waals surface area contributed by atoms with Gasteiger partial charge in [-0.15, -0.1) is 0 Å². The van der Waals surface area contributed by atoms with Gasteiger partial charge in [-0.25, -0.2) is 0 Å². The Bertz CT molecular complexity index is 161. The summed E-state index contributed by atoms with van der Waals surface area (Å²) in [4.78, 5) is 11.6. The fourth-order valence-electron chi connectivity index (χ4n) is 2.07. The maximum atomic E-state index is 11.6. The molecule has 1 heteroatoms. The minimum atomic E-state index is 0.407. The summed E-state index contributed by atoms with van der Waals surface area (Å²) in [6, 6.07) is 0. The Morgan fingerprint density at radius 3 is 2.77 bits per heavy atom. The number of carbonyl (C=O) groups is 1. The van der Waals surface area contributed by atoms with Crippen molar-refractivity contribution in [1.29, 1.82) is 0 Å². The molecule has 0 heterocycles. The molecule has 0 aromatic heterocycles. The van der Waals surface area contributed by atoms with Crippen LogP contribution in [-0.4, -0.2) is 5.78 Å². The Kier molecular flexibility index (Phi) is 4.47. The van der Waals surface area contributed by atoms with Gasteiger partial charge in [-0.05, 0) is 25.2 Å². The molecule has 0 spiro atoms. The molecule has 0 aromatic carbocycles. The lowest BCUT2D eigenvalue weighted by atomic mass is 9.91. The van der Waals surface area contributed by atoms with Crippen LogP contribution in [0.1, 0.15) is 58.8 Å². The van der Waals surface area contributed by atoms with Crippen molar-refractivity contribution < 1.29 is 4.79 Å². The molecule has 0 bridgehead atoms. The molecule has 0 aliphatic heterocycles. The molecular formula is C12H22O. The van der Waals surface area contributed by atoms with Crippen LogP contribution in [0.3, 0.4) is 0 Å². The van der Waals surface area contributed by atoms with Crippen LogP contribution in [0.15, 0.2) is 0 Å². The van der Waals surface area contributed by atoms with Gasteiger partial charge < -0.3 is 0 Å². The zero-order chi connectivity index (χ0) is 9.68. The van der Waals surface area contributed by atoms with Crippen LogP contribution < -0.4 is 0 Å². The van der Waals surface area contributed by atoms with E-state index in [-0.39, 0.29) is 0 Å². The first kappa shape index (κ1) is 10.7. The molecule has 1 saturated carbocycles. The van der Waals surface area contributed by atoms with Gasteiger partial charge in [0.05, 0.1) is 0 Å². The standard InChI is InChI=1S/C12H22O/c1-10(2)8-9-11-6-4-3-5-7-12(11)13/h10-11H,3-9H2,1-2H3. The van der Waals surface area contributed by atoms with Crippen LogP contribution in [0.5, 0.6) is 0 Å². The molecule has 0 amide bonds. The summed E-state index contributed by atoms with van der Waals surface area (Å²) >= 11 is 0. The van der Waals surface area contributed by atoms with Crippen LogP contribution in [0.4, 0.5) is 0 Å². The third-order valence-electron chi connectivity index (χ3n) is 3.02. The highest BCUT2D eigenvalue weighted by atomic mass is 16.1. The van der Waals surface area contributed by atoms with Crippen molar-refractivity contribution in [3.8, 4) is 0 Å². The molecule has 0 N–H and O–H groups in total. The lowest BCUT2D eigenvalue weighted by Crippen LogP contribution is -2.13. The van der Waals surface area contributed by atoms with E-state index in [2.05, 4.69) is 13.8 Å². The van der Waals surface area contributed by atoms with Crippen molar-refractivity contribution in [3.63, 3.8) is 0 Å². The molecule has 0 aromatic rings. The van der Waals surface area contributed by atoms with Gasteiger partial charge in [0.2, 0.25) is 0 Å². The van der Waals surface area contributed by atoms with Crippen molar-refractivity contribution in [2.45, 2.75) is 58.8 Å². The highest BCUT2D eigenvalue weighted by Gasteiger charge is 2.20. The lowest BCUT2D eigenvalue weighted by molar-refractivity contribution is -0.123. The summed E-state index contributed by atoms with van der Waals surface area (Å²) in [6.07, 6.45) is 8.04. The first-order chi connectivity index (χ1) is 6.20. The largest absolute Gasteiger partial charge is 0.299 e. The molecular weight excluding hydrogens is 160 g/mol. The third-order valence-corrected chi connectivity index (χ3v) is 3.02. The first-order valence-corrected chi connectivity index (χ1v) is 5.73. The van der Waals surface area contributed by atoms with E-state index in [0.717, 1.165) is 31.6 Å². The molecule has 1 rings (SSSR count). The van der Waals surface area contributed by atoms with E-state index < -0.39 is 0 Å². The number of Topliss-reactive ketones (excluding diaryl/α,β-unsaturated/α-hetero) is 1. The summed E-state index contributed by atoms with van der Waals surface area (Å²) in [5, 5.41) is 0. The van der Waals surface area contributed by atoms with Gasteiger partial charge in [0, 0.05) is 12.3 Å². The van der Waals surface area contributed by atoms with E-state index in [0.29, 0.717) is 11.7 Å². The fourth-order valence-corrected chi connectivity index (χ4v) is 2.07. The minimum Gasteiger partial charge on any atom is -0.299 e. The maximum Gasteiger partial charge on any atom is 0.135 e. The van der Waals surface area contributed by atoms with Crippen LogP contribution in [0.2, 0.25) is 0 Å². The summed E-state index contributed by atoms with van der Waals surface area (Å²) in [6.45, 7) is 4.47. The summed E-state index contributed by atoms with van der Waals surface area (Å²) < 4.78 is 0. The molecule has 13 heavy (non-hydrogen) atoms. The van der Waals surface area contributed by atoms with Crippen LogP contribution >= 0.6 is 0 Å². The van der Waals surface area contributed by atoms with Crippen LogP contribution in [0, 0.1) is 11.8 Å². The normalized spacial score (nSPS) is 24.8. The maximum absolute atomic E-state index is 11.6. The van der Waals surface area contributed by atoms with E-state index >= 15 is 0 Å². The van der Waals surface area contributed by atoms with Crippen molar-refractivity contribution in [1.82, 2.24) is 0 Å². The monoisotopic (exact) mass is 182 g/mol. The van der Waals surface area contributed by atoms with Crippen molar-refractivity contribution in [2.75, 3.05) is 0 Å². The number of hydrogen-bond donors (Lipinski definition) is 0. The quantitative estimate of drug-likeness (QED) is 0.610. The SMILES string of the molecule is CC(C)CCC1CCCCCC1=O. The molecule has 1 atom stereocenters. The third kappa shape index (κ3) is 3.93. The topological polar surface area (TPSA) is 17.1 Å². The second-order valence-corrected chi connectivity index (χ2v) is 4.73. The molecule has 1 nitrogen and oxygen atoms in total. The number of ketones is 1. The highest BCUT2D eigenvalue weighted by molar-refractivity contribution is 5.81. The molecule has 1 unspecified atom stereocenters. The molecule has 76 valence electrons. The Morgan fingerprint density at radius 2 is 2.08 bits per heavy atom. The number of hydrogen-bond acceptors (Lipinski definition) is 1. The predicted octanol–water partition coefficient (Wildman–Crippen LogP) is 3.57. The fraction of sp³-hybridized carbons (Fsp3) is 0.917. The minimum absolute atomic E-state index is 0.407. The van der Waals surface area contributed by atoms with Crippen molar-refractivity contribution >= 4 is 5.78 Å². The molecule has 0 radical (unpaired) electrons. The van der Waals surface area contributed by atoms with Crippen LogP contribution in [0.25, 0.3) is 0 Å². The zero-order valence-corrected chi connectivity index (χ0v) is 9.01. The van der Waals surface area contributed by atoms with Gasteiger partial charge in [-0.1, -0.05) is 33.1 Å². The number of carbonyl (C=O) groups excluding carboxylic acids is 1. The molecule has 1 aliphatic carbocycles. The lowest BCUT2D eigenvalue weighted by Gasteiger charge is -2.13. The van der Waals surface area contributed by atoms with E-state index in [9.17, 15) is 4.79 Å². The average Bonchev–Trinajstić information content (AvgIpc) is 2.27. The van der Waals surface area contributed by atoms with Gasteiger partial charge in [0.25, 0.3) is 0 Å². The zero-order valence-electron chi connectivity index (χ0n) is 9.01. The predicted molar refractivity (Wildman–Crippen MR) is 55.7 cm³/mol. The van der Waals surface area contributed by atoms with E-state index in [1.165, 1.54) is 19.3 Å². The van der Waals surface area contributed by atoms with Gasteiger partial charge in [0.1, 0.15) is 5.78 Å². The number of rotatable bonds is 3. The molecule has 0 saturated heterocycles. The summed E-state index contributed by atoms with van der Waals surface area (Å²) in [7, 11) is 0. The van der Waals surface area contributed by atoms with Crippen LogP contribution in [-0.2, 0) is 4.79 Å². The van der Waals surface area contributed by atoms with Gasteiger partial charge in [0.15, 0.2) is 0 Å². The molecule has 1 fully saturated rings. The van der Waals surface area contributed by atoms with E-state index in [1.807, 2.05) is 0 Å². The second kappa shape index (κ2) is 5.41. The Labute approximate surface area is 81.9 Å². The first-order valence-electron chi connectivity index (χ1n) is 5.73. The Balaban J connectivity index is 2.32. The molecule has 1 aliphatic rings. The average molecular weight is 182 g/mol. The van der Waals surface area contributed by atoms with Gasteiger partial charge >= 0.3 is 0 Å². The van der Waals surface area contributed by atoms with Gasteiger partial charge in [-0.2, -0.15) is 0 Å². The van der Waals surface area contributed by atoms with Crippen molar-refractivity contribution in [2.24, 2.45) is 11.8 Å². The van der Waals surface area contributed by atoms with Gasteiger partial charge in [-0.3, -0.25) is 4.79 Å². The Morgan fingerprint density at radius 1 is 1.31 bits per heavy atom. The highest BCUT2D eigenvalue weighted by Crippen LogP contribution is 2.25. The smallest absolute Gasteiger partial charge is 0.135 e. The van der Waals surface area contributed by atoms with Crippen molar-refractivity contribution in [3.05, 3.63) is 0 Å². The second-order valence-electron chi connectivity index (χ2n) is 4.73. The van der Waals surface area contributed by atoms with E-state index in [4.69, 9.17) is 0 Å². The Hall–Kier alpha value is -0.330. The summed E-state index contributed by atoms with van der Waals surface area (Å²) in [5.74, 6) is 1.69.